The summed E-state index contributed by atoms with van der Waals surface area (Å²) in [5.41, 5.74) is 3.28. The maximum absolute atomic E-state index is 12.2. The number of nitrogens with zero attached hydrogens (tertiary/aromatic N) is 1. The van der Waals surface area contributed by atoms with Gasteiger partial charge in [0.05, 0.1) is 11.4 Å². The highest BCUT2D eigenvalue weighted by atomic mass is 16.1. The van der Waals surface area contributed by atoms with Crippen molar-refractivity contribution in [2.45, 2.75) is 25.7 Å². The Labute approximate surface area is 132 Å². The quantitative estimate of drug-likeness (QED) is 0.908. The van der Waals surface area contributed by atoms with Crippen molar-refractivity contribution in [1.29, 1.82) is 0 Å². The zero-order valence-corrected chi connectivity index (χ0v) is 12.8. The minimum Gasteiger partial charge on any atom is -0.370 e. The molecule has 114 valence electrons. The van der Waals surface area contributed by atoms with Crippen LogP contribution in [0.5, 0.6) is 0 Å². The first-order valence-corrected chi connectivity index (χ1v) is 8.01. The van der Waals surface area contributed by atoms with E-state index in [9.17, 15) is 4.79 Å². The summed E-state index contributed by atoms with van der Waals surface area (Å²) in [5.74, 6) is 0.0792. The minimum absolute atomic E-state index is 0.0792. The third kappa shape index (κ3) is 3.67. The van der Waals surface area contributed by atoms with E-state index in [1.54, 1.807) is 0 Å². The molecule has 22 heavy (non-hydrogen) atoms. The lowest BCUT2D eigenvalue weighted by molar-refractivity contribution is -0.116. The largest absolute Gasteiger partial charge is 0.370 e. The highest BCUT2D eigenvalue weighted by molar-refractivity contribution is 5.94. The smallest absolute Gasteiger partial charge is 0.224 e. The molecule has 1 aliphatic rings. The molecule has 0 aliphatic carbocycles. The number of amides is 1. The van der Waals surface area contributed by atoms with Crippen molar-refractivity contribution in [3.05, 3.63) is 60.2 Å². The molecule has 1 aliphatic heterocycles. The number of hydrogen-bond donors (Lipinski definition) is 1. The van der Waals surface area contributed by atoms with Gasteiger partial charge in [0.25, 0.3) is 0 Å². The maximum atomic E-state index is 12.2. The number of hydrogen-bond acceptors (Lipinski definition) is 2. The molecule has 1 saturated heterocycles. The fourth-order valence-corrected chi connectivity index (χ4v) is 2.93. The summed E-state index contributed by atoms with van der Waals surface area (Å²) in [5, 5.41) is 3.08. The first-order valence-electron chi connectivity index (χ1n) is 8.01. The van der Waals surface area contributed by atoms with E-state index in [-0.39, 0.29) is 5.91 Å². The van der Waals surface area contributed by atoms with E-state index in [4.69, 9.17) is 0 Å². The van der Waals surface area contributed by atoms with Crippen LogP contribution in [-0.2, 0) is 11.2 Å². The number of anilines is 2. The summed E-state index contributed by atoms with van der Waals surface area (Å²) in [6.07, 6.45) is 3.75. The second-order valence-corrected chi connectivity index (χ2v) is 5.75. The summed E-state index contributed by atoms with van der Waals surface area (Å²) in [6, 6.07) is 18.2. The number of nitrogens with one attached hydrogen (secondary N) is 1. The Bertz CT molecular complexity index is 618. The van der Waals surface area contributed by atoms with Gasteiger partial charge in [-0.2, -0.15) is 0 Å². The van der Waals surface area contributed by atoms with Crippen LogP contribution in [-0.4, -0.2) is 19.0 Å². The lowest BCUT2D eigenvalue weighted by Gasteiger charge is -2.21. The number of rotatable bonds is 5. The highest BCUT2D eigenvalue weighted by Crippen LogP contribution is 2.28. The summed E-state index contributed by atoms with van der Waals surface area (Å²) in [6.45, 7) is 2.16. The molecule has 3 nitrogen and oxygen atoms in total. The summed E-state index contributed by atoms with van der Waals surface area (Å²) in [7, 11) is 0. The predicted molar refractivity (Wildman–Crippen MR) is 91.3 cm³/mol. The van der Waals surface area contributed by atoms with Crippen LogP contribution >= 0.6 is 0 Å². The Balaban J connectivity index is 1.61. The normalized spacial score (nSPS) is 14.1. The van der Waals surface area contributed by atoms with Crippen molar-refractivity contribution >= 4 is 17.3 Å². The molecule has 1 amide bonds. The lowest BCUT2D eigenvalue weighted by Crippen LogP contribution is -2.21. The molecule has 0 bridgehead atoms. The molecule has 1 heterocycles. The zero-order valence-electron chi connectivity index (χ0n) is 12.8. The van der Waals surface area contributed by atoms with E-state index in [2.05, 4.69) is 28.4 Å². The Hall–Kier alpha value is -2.29. The monoisotopic (exact) mass is 294 g/mol. The van der Waals surface area contributed by atoms with Gasteiger partial charge in [-0.15, -0.1) is 0 Å². The number of benzene rings is 2. The van der Waals surface area contributed by atoms with Gasteiger partial charge in [-0.25, -0.2) is 0 Å². The summed E-state index contributed by atoms with van der Waals surface area (Å²) < 4.78 is 0. The summed E-state index contributed by atoms with van der Waals surface area (Å²) >= 11 is 0. The van der Waals surface area contributed by atoms with Crippen molar-refractivity contribution in [2.24, 2.45) is 0 Å². The molecule has 1 fully saturated rings. The van der Waals surface area contributed by atoms with Gasteiger partial charge in [0.2, 0.25) is 5.91 Å². The third-order valence-corrected chi connectivity index (χ3v) is 4.11. The fraction of sp³-hybridized carbons (Fsp3) is 0.316. The van der Waals surface area contributed by atoms with Gasteiger partial charge >= 0.3 is 0 Å². The van der Waals surface area contributed by atoms with E-state index in [1.165, 1.54) is 18.4 Å². The SMILES string of the molecule is O=C(CCc1ccccc1)Nc1ccccc1N1CCCC1. The standard InChI is InChI=1S/C19H22N2O/c22-19(13-12-16-8-2-1-3-9-16)20-17-10-4-5-11-18(17)21-14-6-7-15-21/h1-5,8-11H,6-7,12-15H2,(H,20,22). The van der Waals surface area contributed by atoms with E-state index in [0.717, 1.165) is 30.9 Å². The Kier molecular flexibility index (Phi) is 4.74. The Morgan fingerprint density at radius 1 is 0.955 bits per heavy atom. The van der Waals surface area contributed by atoms with Gasteiger partial charge in [-0.1, -0.05) is 42.5 Å². The molecule has 0 atom stereocenters. The van der Waals surface area contributed by atoms with Gasteiger partial charge in [-0.3, -0.25) is 4.79 Å². The second-order valence-electron chi connectivity index (χ2n) is 5.75. The topological polar surface area (TPSA) is 32.3 Å². The van der Waals surface area contributed by atoms with Crippen molar-refractivity contribution < 1.29 is 4.79 Å². The molecule has 2 aromatic carbocycles. The first kappa shape index (κ1) is 14.6. The van der Waals surface area contributed by atoms with Crippen LogP contribution in [0.25, 0.3) is 0 Å². The molecule has 0 saturated carbocycles. The number of para-hydroxylation sites is 2. The lowest BCUT2D eigenvalue weighted by atomic mass is 10.1. The molecule has 0 spiro atoms. The molecular weight excluding hydrogens is 272 g/mol. The van der Waals surface area contributed by atoms with E-state index in [0.29, 0.717) is 6.42 Å². The number of carbonyl (C=O) groups is 1. The van der Waals surface area contributed by atoms with Crippen molar-refractivity contribution in [1.82, 2.24) is 0 Å². The van der Waals surface area contributed by atoms with Crippen LogP contribution in [0.4, 0.5) is 11.4 Å². The zero-order chi connectivity index (χ0) is 15.2. The van der Waals surface area contributed by atoms with Gasteiger partial charge in [0, 0.05) is 19.5 Å². The van der Waals surface area contributed by atoms with Crippen LogP contribution in [0.3, 0.4) is 0 Å². The van der Waals surface area contributed by atoms with Gasteiger partial charge in [0.1, 0.15) is 0 Å². The van der Waals surface area contributed by atoms with Crippen LogP contribution in [0.15, 0.2) is 54.6 Å². The molecule has 0 aromatic heterocycles. The molecule has 3 rings (SSSR count). The Morgan fingerprint density at radius 3 is 2.41 bits per heavy atom. The van der Waals surface area contributed by atoms with Gasteiger partial charge < -0.3 is 10.2 Å². The van der Waals surface area contributed by atoms with Crippen LogP contribution in [0.1, 0.15) is 24.8 Å². The molecule has 0 radical (unpaired) electrons. The van der Waals surface area contributed by atoms with E-state index < -0.39 is 0 Å². The second kappa shape index (κ2) is 7.12. The minimum atomic E-state index is 0.0792. The van der Waals surface area contributed by atoms with E-state index >= 15 is 0 Å². The molecule has 2 aromatic rings. The van der Waals surface area contributed by atoms with Crippen LogP contribution < -0.4 is 10.2 Å². The van der Waals surface area contributed by atoms with Crippen LogP contribution in [0.2, 0.25) is 0 Å². The average Bonchev–Trinajstić information content (AvgIpc) is 3.09. The Morgan fingerprint density at radius 2 is 1.64 bits per heavy atom. The van der Waals surface area contributed by atoms with Crippen molar-refractivity contribution in [3.8, 4) is 0 Å². The molecule has 1 N–H and O–H groups in total. The fourth-order valence-electron chi connectivity index (χ4n) is 2.93. The van der Waals surface area contributed by atoms with E-state index in [1.807, 2.05) is 36.4 Å². The summed E-state index contributed by atoms with van der Waals surface area (Å²) in [4.78, 5) is 14.6. The van der Waals surface area contributed by atoms with Crippen molar-refractivity contribution in [3.63, 3.8) is 0 Å². The van der Waals surface area contributed by atoms with Crippen LogP contribution in [0, 0.1) is 0 Å². The average molecular weight is 294 g/mol. The molecule has 3 heteroatoms. The maximum Gasteiger partial charge on any atom is 0.224 e. The third-order valence-electron chi connectivity index (χ3n) is 4.11. The number of aryl methyl sites for hydroxylation is 1. The van der Waals surface area contributed by atoms with Gasteiger partial charge in [0.15, 0.2) is 0 Å². The number of carbonyl (C=O) groups excluding carboxylic acids is 1. The van der Waals surface area contributed by atoms with Gasteiger partial charge in [-0.05, 0) is 37.0 Å². The molecular formula is C19H22N2O. The highest BCUT2D eigenvalue weighted by Gasteiger charge is 2.16. The van der Waals surface area contributed by atoms with Crippen molar-refractivity contribution in [2.75, 3.05) is 23.3 Å². The predicted octanol–water partition coefficient (Wildman–Crippen LogP) is 3.86. The first-order chi connectivity index (χ1) is 10.8. The molecule has 0 unspecified atom stereocenters.